The Hall–Kier alpha value is -0.970. The van der Waals surface area contributed by atoms with Crippen molar-refractivity contribution in [3.05, 3.63) is 83.4 Å². The molecule has 0 atom stereocenters. The summed E-state index contributed by atoms with van der Waals surface area (Å²) in [5, 5.41) is 1.23. The maximum Gasteiger partial charge on any atom is 0.0601 e. The predicted molar refractivity (Wildman–Crippen MR) is 130 cm³/mol. The number of hydrogen-bond donors (Lipinski definition) is 0. The molecule has 0 radical (unpaired) electrons. The molecule has 0 fully saturated rings. The molecule has 0 aliphatic rings. The molecule has 0 heterocycles. The zero-order valence-corrected chi connectivity index (χ0v) is 19.9. The number of rotatable bonds is 11. The number of nitrogens with zero attached hydrogens (tertiary/aromatic N) is 1. The van der Waals surface area contributed by atoms with E-state index in [0.717, 1.165) is 11.1 Å². The third kappa shape index (κ3) is 7.66. The minimum atomic E-state index is -2.41. The Morgan fingerprint density at radius 1 is 0.828 bits per heavy atom. The van der Waals surface area contributed by atoms with Gasteiger partial charge in [-0.15, -0.1) is 0 Å². The number of ether oxygens (including phenoxy) is 2. The van der Waals surface area contributed by atoms with E-state index >= 15 is 0 Å². The molecule has 2 aromatic carbocycles. The molecular weight excluding hydrogens is 444 g/mol. The fourth-order valence-corrected chi connectivity index (χ4v) is 7.44. The maximum atomic E-state index is 6.69. The molecule has 0 bridgehead atoms. The van der Waals surface area contributed by atoms with Crippen LogP contribution in [0.4, 0.5) is 0 Å². The van der Waals surface area contributed by atoms with Gasteiger partial charge in [0.05, 0.1) is 29.5 Å². The van der Waals surface area contributed by atoms with Crippen LogP contribution >= 0.6 is 29.4 Å². The van der Waals surface area contributed by atoms with Crippen molar-refractivity contribution >= 4 is 51.3 Å². The third-order valence-electron chi connectivity index (χ3n) is 4.24. The van der Waals surface area contributed by atoms with E-state index in [1.54, 1.807) is 14.2 Å². The molecule has 7 heteroatoms. The molecule has 0 saturated heterocycles. The summed E-state index contributed by atoms with van der Waals surface area (Å²) in [5.74, 6) is 3.94. The summed E-state index contributed by atoms with van der Waals surface area (Å²) in [5.41, 5.74) is 1.84. The summed E-state index contributed by atoms with van der Waals surface area (Å²) < 4.78 is 12.8. The van der Waals surface area contributed by atoms with Crippen LogP contribution in [0.2, 0.25) is 0 Å². The highest BCUT2D eigenvalue weighted by Crippen LogP contribution is 2.57. The Kier molecular flexibility index (Phi) is 10.6. The molecule has 156 valence electrons. The van der Waals surface area contributed by atoms with Crippen molar-refractivity contribution in [2.75, 3.05) is 40.5 Å². The van der Waals surface area contributed by atoms with Crippen LogP contribution < -0.4 is 0 Å². The van der Waals surface area contributed by atoms with E-state index in [9.17, 15) is 0 Å². The van der Waals surface area contributed by atoms with Crippen LogP contribution in [0.15, 0.2) is 72.3 Å². The Morgan fingerprint density at radius 2 is 1.21 bits per heavy atom. The largest absolute Gasteiger partial charge is 0.383 e. The van der Waals surface area contributed by atoms with E-state index in [4.69, 9.17) is 44.5 Å². The summed E-state index contributed by atoms with van der Waals surface area (Å²) in [6.45, 7) is 2.41. The standard InChI is InChI=1S/C22H26Cl2NO2PS/c1-26-15-13-25(14-16-27-2)28(29,17-21(23)19-9-5-3-6-10-19)18-22(24)20-11-7-4-8-12-20/h3-12,17-18H,13-16H2,1-2H3/b21-17-,22-18-. The van der Waals surface area contributed by atoms with Crippen LogP contribution in [0.25, 0.3) is 10.1 Å². The van der Waals surface area contributed by atoms with Gasteiger partial charge in [-0.3, -0.25) is 4.67 Å². The van der Waals surface area contributed by atoms with E-state index in [2.05, 4.69) is 4.67 Å². The number of benzene rings is 2. The highest BCUT2D eigenvalue weighted by Gasteiger charge is 2.23. The molecule has 0 unspecified atom stereocenters. The van der Waals surface area contributed by atoms with Crippen LogP contribution in [0.1, 0.15) is 11.1 Å². The van der Waals surface area contributed by atoms with Gasteiger partial charge in [0.15, 0.2) is 0 Å². The highest BCUT2D eigenvalue weighted by atomic mass is 35.5. The second-order valence-electron chi connectivity index (χ2n) is 6.30. The van der Waals surface area contributed by atoms with E-state index in [1.807, 2.05) is 72.3 Å². The van der Waals surface area contributed by atoms with Gasteiger partial charge in [-0.25, -0.2) is 0 Å². The van der Waals surface area contributed by atoms with Gasteiger partial charge in [-0.1, -0.05) is 95.7 Å². The van der Waals surface area contributed by atoms with Gasteiger partial charge in [-0.2, -0.15) is 0 Å². The van der Waals surface area contributed by atoms with E-state index in [1.165, 1.54) is 0 Å². The Balaban J connectivity index is 2.51. The molecular formula is C22H26Cl2NO2PS. The summed E-state index contributed by atoms with van der Waals surface area (Å²) >= 11 is 19.6. The monoisotopic (exact) mass is 469 g/mol. The average molecular weight is 470 g/mol. The van der Waals surface area contributed by atoms with Gasteiger partial charge in [0, 0.05) is 27.3 Å². The number of halogens is 2. The summed E-state index contributed by atoms with van der Waals surface area (Å²) in [6.07, 6.45) is -2.41. The van der Waals surface area contributed by atoms with Gasteiger partial charge in [0.1, 0.15) is 0 Å². The van der Waals surface area contributed by atoms with Crippen molar-refractivity contribution in [1.29, 1.82) is 0 Å². The lowest BCUT2D eigenvalue weighted by Crippen LogP contribution is -2.27. The van der Waals surface area contributed by atoms with Crippen LogP contribution in [0.5, 0.6) is 0 Å². The lowest BCUT2D eigenvalue weighted by molar-refractivity contribution is 0.153. The van der Waals surface area contributed by atoms with Gasteiger partial charge in [0.2, 0.25) is 0 Å². The molecule has 0 aliphatic carbocycles. The molecule has 0 aliphatic heterocycles. The summed E-state index contributed by atoms with van der Waals surface area (Å²) in [7, 11) is 3.36. The molecule has 2 aromatic rings. The molecule has 0 aromatic heterocycles. The van der Waals surface area contributed by atoms with Crippen molar-refractivity contribution in [2.24, 2.45) is 0 Å². The van der Waals surface area contributed by atoms with Crippen LogP contribution in [0, 0.1) is 0 Å². The molecule has 3 nitrogen and oxygen atoms in total. The van der Waals surface area contributed by atoms with E-state index < -0.39 is 6.19 Å². The summed E-state index contributed by atoms with van der Waals surface area (Å²) in [6, 6.07) is 19.6. The van der Waals surface area contributed by atoms with Crippen molar-refractivity contribution in [1.82, 2.24) is 4.67 Å². The SMILES string of the molecule is COCCN(CCOC)P(=S)(/C=C(\Cl)c1ccccc1)/C=C(\Cl)c1ccccc1. The normalized spacial score (nSPS) is 13.1. The van der Waals surface area contributed by atoms with Crippen LogP contribution in [-0.4, -0.2) is 45.2 Å². The van der Waals surface area contributed by atoms with Gasteiger partial charge in [-0.05, 0) is 22.8 Å². The second-order valence-corrected chi connectivity index (χ2v) is 11.3. The highest BCUT2D eigenvalue weighted by molar-refractivity contribution is 8.16. The maximum absolute atomic E-state index is 6.69. The zero-order valence-electron chi connectivity index (χ0n) is 16.6. The second kappa shape index (κ2) is 12.7. The lowest BCUT2D eigenvalue weighted by atomic mass is 10.2. The molecule has 0 amide bonds. The first-order valence-corrected chi connectivity index (χ1v) is 12.9. The lowest BCUT2D eigenvalue weighted by Gasteiger charge is -2.31. The van der Waals surface area contributed by atoms with Crippen molar-refractivity contribution in [2.45, 2.75) is 0 Å². The average Bonchev–Trinajstić information content (AvgIpc) is 2.74. The van der Waals surface area contributed by atoms with Crippen molar-refractivity contribution < 1.29 is 9.47 Å². The molecule has 0 saturated carbocycles. The molecule has 0 N–H and O–H groups in total. The zero-order chi connectivity index (χ0) is 21.1. The number of methoxy groups -OCH3 is 2. The quantitative estimate of drug-likeness (QED) is 0.352. The third-order valence-corrected chi connectivity index (χ3v) is 9.07. The molecule has 29 heavy (non-hydrogen) atoms. The Labute approximate surface area is 189 Å². The minimum absolute atomic E-state index is 0.551. The van der Waals surface area contributed by atoms with Crippen LogP contribution in [-0.2, 0) is 21.3 Å². The first kappa shape index (κ1) is 24.3. The molecule has 2 rings (SSSR count). The Bertz CT molecular complexity index is 792. The predicted octanol–water partition coefficient (Wildman–Crippen LogP) is 6.45. The molecule has 0 spiro atoms. The first-order chi connectivity index (χ1) is 14.0. The fourth-order valence-electron chi connectivity index (χ4n) is 2.69. The smallest absolute Gasteiger partial charge is 0.0601 e. The van der Waals surface area contributed by atoms with Crippen molar-refractivity contribution in [3.8, 4) is 0 Å². The van der Waals surface area contributed by atoms with Crippen molar-refractivity contribution in [3.63, 3.8) is 0 Å². The fraction of sp³-hybridized carbons (Fsp3) is 0.273. The first-order valence-electron chi connectivity index (χ1n) is 9.20. The van der Waals surface area contributed by atoms with Gasteiger partial charge in [0.25, 0.3) is 0 Å². The van der Waals surface area contributed by atoms with E-state index in [0.29, 0.717) is 36.4 Å². The summed E-state index contributed by atoms with van der Waals surface area (Å²) in [4.78, 5) is 0. The minimum Gasteiger partial charge on any atom is -0.383 e. The Morgan fingerprint density at radius 3 is 1.55 bits per heavy atom. The van der Waals surface area contributed by atoms with E-state index in [-0.39, 0.29) is 0 Å². The topological polar surface area (TPSA) is 21.7 Å². The van der Waals surface area contributed by atoms with Gasteiger partial charge < -0.3 is 9.47 Å². The van der Waals surface area contributed by atoms with Gasteiger partial charge >= 0.3 is 0 Å². The number of hydrogen-bond acceptors (Lipinski definition) is 3. The van der Waals surface area contributed by atoms with Crippen LogP contribution in [0.3, 0.4) is 0 Å².